The fourth-order valence-electron chi connectivity index (χ4n) is 4.41. The normalized spacial score (nSPS) is 25.9. The molecule has 162 valence electrons. The molecule has 0 aromatic heterocycles. The Hall–Kier alpha value is -1.64. The van der Waals surface area contributed by atoms with Gasteiger partial charge in [0.25, 0.3) is 5.91 Å². The summed E-state index contributed by atoms with van der Waals surface area (Å²) < 4.78 is 32.5. The van der Waals surface area contributed by atoms with Gasteiger partial charge in [-0.2, -0.15) is 0 Å². The van der Waals surface area contributed by atoms with Gasteiger partial charge in [-0.25, -0.2) is 8.42 Å². The van der Waals surface area contributed by atoms with E-state index in [9.17, 15) is 13.2 Å². The predicted molar refractivity (Wildman–Crippen MR) is 115 cm³/mol. The van der Waals surface area contributed by atoms with E-state index in [2.05, 4.69) is 23.5 Å². The number of ether oxygens (including phenoxy) is 1. The highest BCUT2D eigenvalue weighted by atomic mass is 32.2. The van der Waals surface area contributed by atoms with Crippen molar-refractivity contribution in [2.75, 3.05) is 36.7 Å². The summed E-state index contributed by atoms with van der Waals surface area (Å²) in [6.45, 7) is 9.37. The molecule has 3 unspecified atom stereocenters. The summed E-state index contributed by atoms with van der Waals surface area (Å²) in [6, 6.07) is 6.99. The quantitative estimate of drug-likeness (QED) is 0.729. The van der Waals surface area contributed by atoms with Crippen molar-refractivity contribution in [1.29, 1.82) is 0 Å². The van der Waals surface area contributed by atoms with Gasteiger partial charge in [0.1, 0.15) is 0 Å². The van der Waals surface area contributed by atoms with Crippen LogP contribution >= 0.6 is 0 Å². The number of morpholine rings is 1. The molecule has 1 aromatic carbocycles. The molecule has 0 spiro atoms. The third-order valence-corrected chi connectivity index (χ3v) is 6.95. The molecule has 29 heavy (non-hydrogen) atoms. The number of hydrogen-bond donors (Lipinski definition) is 1. The number of rotatable bonds is 7. The topological polar surface area (TPSA) is 79.0 Å². The van der Waals surface area contributed by atoms with Crippen LogP contribution in [0.3, 0.4) is 0 Å². The molecule has 1 amide bonds. The minimum atomic E-state index is -3.38. The number of amides is 1. The number of nitrogens with one attached hydrogen (secondary N) is 1. The smallest absolute Gasteiger partial charge is 0.254 e. The summed E-state index contributed by atoms with van der Waals surface area (Å²) in [4.78, 5) is 17.5. The molecule has 2 heterocycles. The van der Waals surface area contributed by atoms with E-state index >= 15 is 0 Å². The van der Waals surface area contributed by atoms with E-state index < -0.39 is 10.0 Å². The van der Waals surface area contributed by atoms with Gasteiger partial charge < -0.3 is 9.64 Å². The standard InChI is InChI=1S/C21H33N3O4S/c1-4-11-29(26,27)22-19-8-5-7-18(12-19)21(25)24-10-6-9-20(24)15-23-13-16(2)28-17(3)14-23/h5,7-8,12,16-17,20,22H,4,6,9-11,13-15H2,1-3H3. The Labute approximate surface area is 174 Å². The molecule has 0 radical (unpaired) electrons. The van der Waals surface area contributed by atoms with Crippen LogP contribution in [0, 0.1) is 0 Å². The van der Waals surface area contributed by atoms with E-state index in [-0.39, 0.29) is 29.9 Å². The molecule has 2 saturated heterocycles. The minimum absolute atomic E-state index is 0.0293. The first-order valence-corrected chi connectivity index (χ1v) is 12.2. The lowest BCUT2D eigenvalue weighted by molar-refractivity contribution is -0.0715. The largest absolute Gasteiger partial charge is 0.373 e. The summed E-state index contributed by atoms with van der Waals surface area (Å²) in [5, 5.41) is 0. The van der Waals surface area contributed by atoms with E-state index in [1.165, 1.54) is 0 Å². The zero-order valence-electron chi connectivity index (χ0n) is 17.6. The van der Waals surface area contributed by atoms with E-state index in [1.54, 1.807) is 24.3 Å². The van der Waals surface area contributed by atoms with Gasteiger partial charge in [-0.15, -0.1) is 0 Å². The number of nitrogens with zero attached hydrogens (tertiary/aromatic N) is 2. The number of benzene rings is 1. The maximum Gasteiger partial charge on any atom is 0.254 e. The number of anilines is 1. The van der Waals surface area contributed by atoms with Crippen LogP contribution in [0.1, 0.15) is 50.4 Å². The van der Waals surface area contributed by atoms with Crippen molar-refractivity contribution < 1.29 is 17.9 Å². The Morgan fingerprint density at radius 3 is 2.66 bits per heavy atom. The fourth-order valence-corrected chi connectivity index (χ4v) is 5.53. The summed E-state index contributed by atoms with van der Waals surface area (Å²) in [7, 11) is -3.38. The molecule has 1 aromatic rings. The third kappa shape index (κ3) is 5.93. The van der Waals surface area contributed by atoms with Crippen molar-refractivity contribution in [3.8, 4) is 0 Å². The summed E-state index contributed by atoms with van der Waals surface area (Å²) in [6.07, 6.45) is 2.94. The first-order valence-electron chi connectivity index (χ1n) is 10.6. The highest BCUT2D eigenvalue weighted by Crippen LogP contribution is 2.24. The van der Waals surface area contributed by atoms with Gasteiger partial charge >= 0.3 is 0 Å². The number of sulfonamides is 1. The number of carbonyl (C=O) groups excluding carboxylic acids is 1. The number of likely N-dealkylation sites (tertiary alicyclic amines) is 1. The zero-order chi connectivity index (χ0) is 21.0. The second kappa shape index (κ2) is 9.45. The van der Waals surface area contributed by atoms with Gasteiger partial charge in [0.2, 0.25) is 10.0 Å². The van der Waals surface area contributed by atoms with Crippen LogP contribution in [0.15, 0.2) is 24.3 Å². The van der Waals surface area contributed by atoms with Crippen LogP contribution in [-0.2, 0) is 14.8 Å². The molecule has 0 saturated carbocycles. The number of hydrogen-bond acceptors (Lipinski definition) is 5. The number of carbonyl (C=O) groups is 1. The second-order valence-electron chi connectivity index (χ2n) is 8.27. The molecule has 2 aliphatic rings. The second-order valence-corrected chi connectivity index (χ2v) is 10.1. The lowest BCUT2D eigenvalue weighted by Gasteiger charge is -2.38. The molecule has 0 aliphatic carbocycles. The van der Waals surface area contributed by atoms with Crippen LogP contribution in [-0.4, -0.2) is 74.3 Å². The highest BCUT2D eigenvalue weighted by molar-refractivity contribution is 7.92. The van der Waals surface area contributed by atoms with Crippen molar-refractivity contribution in [1.82, 2.24) is 9.80 Å². The van der Waals surface area contributed by atoms with E-state index in [1.807, 2.05) is 11.8 Å². The third-order valence-electron chi connectivity index (χ3n) is 5.46. The highest BCUT2D eigenvalue weighted by Gasteiger charge is 2.33. The molecule has 7 nitrogen and oxygen atoms in total. The molecule has 2 fully saturated rings. The first-order chi connectivity index (χ1) is 13.8. The molecule has 3 rings (SSSR count). The first kappa shape index (κ1) is 22.1. The summed E-state index contributed by atoms with van der Waals surface area (Å²) in [5.74, 6) is 0.0360. The van der Waals surface area contributed by atoms with Crippen molar-refractivity contribution in [3.05, 3.63) is 29.8 Å². The van der Waals surface area contributed by atoms with Crippen molar-refractivity contribution in [2.24, 2.45) is 0 Å². The molecule has 3 atom stereocenters. The minimum Gasteiger partial charge on any atom is -0.373 e. The molecule has 0 bridgehead atoms. The average molecular weight is 424 g/mol. The Kier molecular flexibility index (Phi) is 7.19. The van der Waals surface area contributed by atoms with Gasteiger partial charge in [-0.1, -0.05) is 13.0 Å². The van der Waals surface area contributed by atoms with E-state index in [0.29, 0.717) is 17.7 Å². The van der Waals surface area contributed by atoms with Crippen LogP contribution in [0.2, 0.25) is 0 Å². The van der Waals surface area contributed by atoms with Crippen LogP contribution in [0.5, 0.6) is 0 Å². The molecule has 1 N–H and O–H groups in total. The Balaban J connectivity index is 1.68. The van der Waals surface area contributed by atoms with E-state index in [0.717, 1.165) is 39.0 Å². The average Bonchev–Trinajstić information content (AvgIpc) is 3.08. The zero-order valence-corrected chi connectivity index (χ0v) is 18.5. The predicted octanol–water partition coefficient (Wildman–Crippen LogP) is 2.55. The fraction of sp³-hybridized carbons (Fsp3) is 0.667. The Bertz CT molecular complexity index is 804. The molecule has 2 aliphatic heterocycles. The van der Waals surface area contributed by atoms with Gasteiger partial charge in [0.15, 0.2) is 0 Å². The van der Waals surface area contributed by atoms with Crippen molar-refractivity contribution in [2.45, 2.75) is 58.3 Å². The SMILES string of the molecule is CCCS(=O)(=O)Nc1cccc(C(=O)N2CCCC2CN2CC(C)OC(C)C2)c1. The Morgan fingerprint density at radius 2 is 1.97 bits per heavy atom. The molecule has 8 heteroatoms. The monoisotopic (exact) mass is 423 g/mol. The van der Waals surface area contributed by atoms with Crippen molar-refractivity contribution in [3.63, 3.8) is 0 Å². The summed E-state index contributed by atoms with van der Waals surface area (Å²) in [5.41, 5.74) is 0.966. The van der Waals surface area contributed by atoms with Gasteiger partial charge in [-0.05, 0) is 51.3 Å². The van der Waals surface area contributed by atoms with Crippen LogP contribution in [0.4, 0.5) is 5.69 Å². The molecular weight excluding hydrogens is 390 g/mol. The maximum absolute atomic E-state index is 13.2. The van der Waals surface area contributed by atoms with E-state index in [4.69, 9.17) is 4.74 Å². The summed E-state index contributed by atoms with van der Waals surface area (Å²) >= 11 is 0. The lowest BCUT2D eigenvalue weighted by atomic mass is 10.1. The van der Waals surface area contributed by atoms with Crippen LogP contribution in [0.25, 0.3) is 0 Å². The van der Waals surface area contributed by atoms with Crippen molar-refractivity contribution >= 4 is 21.6 Å². The van der Waals surface area contributed by atoms with Gasteiger partial charge in [0.05, 0.1) is 18.0 Å². The van der Waals surface area contributed by atoms with Crippen LogP contribution < -0.4 is 4.72 Å². The maximum atomic E-state index is 13.2. The lowest BCUT2D eigenvalue weighted by Crippen LogP contribution is -2.50. The Morgan fingerprint density at radius 1 is 1.24 bits per heavy atom. The van der Waals surface area contributed by atoms with Gasteiger partial charge in [0, 0.05) is 43.5 Å². The molecular formula is C21H33N3O4S. The van der Waals surface area contributed by atoms with Gasteiger partial charge in [-0.3, -0.25) is 14.4 Å².